The molecule has 0 bridgehead atoms. The van der Waals surface area contributed by atoms with Crippen molar-refractivity contribution in [3.8, 4) is 0 Å². The summed E-state index contributed by atoms with van der Waals surface area (Å²) in [6.45, 7) is 4.52. The van der Waals surface area contributed by atoms with Gasteiger partial charge in [0.15, 0.2) is 0 Å². The van der Waals surface area contributed by atoms with Gasteiger partial charge in [-0.25, -0.2) is 0 Å². The highest BCUT2D eigenvalue weighted by Crippen LogP contribution is 2.41. The van der Waals surface area contributed by atoms with Crippen molar-refractivity contribution in [3.05, 3.63) is 22.7 Å². The molecule has 0 radical (unpaired) electrons. The number of nitrogen functional groups attached to an aromatic ring is 1. The Labute approximate surface area is 108 Å². The fraction of sp³-hybridized carbons (Fsp3) is 0.571. The van der Waals surface area contributed by atoms with Gasteiger partial charge in [0.2, 0.25) is 0 Å². The summed E-state index contributed by atoms with van der Waals surface area (Å²) in [5.41, 5.74) is 9.04. The molecule has 0 amide bonds. The number of fused-ring (bicyclic) bond motifs is 1. The Balaban J connectivity index is 1.88. The summed E-state index contributed by atoms with van der Waals surface area (Å²) in [6.07, 6.45) is 4.23. The van der Waals surface area contributed by atoms with Gasteiger partial charge >= 0.3 is 0 Å². The molecule has 1 aliphatic heterocycles. The number of rotatable bonds is 1. The summed E-state index contributed by atoms with van der Waals surface area (Å²) in [4.78, 5) is 2.50. The van der Waals surface area contributed by atoms with Crippen LogP contribution in [0.4, 0.5) is 11.4 Å². The minimum Gasteiger partial charge on any atom is -0.398 e. The van der Waals surface area contributed by atoms with E-state index in [1.165, 1.54) is 43.6 Å². The Morgan fingerprint density at radius 1 is 1.24 bits per heavy atom. The lowest BCUT2D eigenvalue weighted by molar-refractivity contribution is 0.494. The molecule has 1 heterocycles. The molecule has 92 valence electrons. The standard InChI is InChI=1S/C14H19ClN2/c1-9-5-13(16)12(15)6-14(9)17-7-10-3-2-4-11(10)8-17/h5-6,10-11H,2-4,7-8,16H2,1H3. The van der Waals surface area contributed by atoms with Gasteiger partial charge in [0, 0.05) is 18.8 Å². The molecular weight excluding hydrogens is 232 g/mol. The lowest BCUT2D eigenvalue weighted by Gasteiger charge is -2.22. The van der Waals surface area contributed by atoms with E-state index < -0.39 is 0 Å². The van der Waals surface area contributed by atoms with E-state index in [0.29, 0.717) is 10.7 Å². The first-order valence-electron chi connectivity index (χ1n) is 6.45. The van der Waals surface area contributed by atoms with Gasteiger partial charge in [-0.15, -0.1) is 0 Å². The van der Waals surface area contributed by atoms with Gasteiger partial charge in [-0.05, 0) is 49.3 Å². The van der Waals surface area contributed by atoms with Crippen LogP contribution in [0.2, 0.25) is 5.02 Å². The highest BCUT2D eigenvalue weighted by Gasteiger charge is 2.36. The Hall–Kier alpha value is -0.890. The van der Waals surface area contributed by atoms with Crippen LogP contribution in [0.3, 0.4) is 0 Å². The van der Waals surface area contributed by atoms with Crippen LogP contribution in [0.1, 0.15) is 24.8 Å². The second kappa shape index (κ2) is 4.09. The molecule has 2 unspecified atom stereocenters. The van der Waals surface area contributed by atoms with E-state index in [0.717, 1.165) is 11.8 Å². The van der Waals surface area contributed by atoms with Crippen molar-refractivity contribution < 1.29 is 0 Å². The summed E-state index contributed by atoms with van der Waals surface area (Å²) in [7, 11) is 0. The van der Waals surface area contributed by atoms with Crippen molar-refractivity contribution in [2.45, 2.75) is 26.2 Å². The van der Waals surface area contributed by atoms with Crippen LogP contribution in [-0.4, -0.2) is 13.1 Å². The van der Waals surface area contributed by atoms with E-state index in [1.54, 1.807) is 0 Å². The van der Waals surface area contributed by atoms with E-state index in [2.05, 4.69) is 11.8 Å². The second-order valence-corrected chi connectivity index (χ2v) is 5.92. The first-order valence-corrected chi connectivity index (χ1v) is 6.83. The normalized spacial score (nSPS) is 27.5. The van der Waals surface area contributed by atoms with Crippen LogP contribution in [0.25, 0.3) is 0 Å². The maximum Gasteiger partial charge on any atom is 0.0656 e. The number of hydrogen-bond acceptors (Lipinski definition) is 2. The second-order valence-electron chi connectivity index (χ2n) is 5.52. The average molecular weight is 251 g/mol. The molecule has 1 aromatic rings. The van der Waals surface area contributed by atoms with Gasteiger partial charge in [-0.3, -0.25) is 0 Å². The van der Waals surface area contributed by atoms with Crippen molar-refractivity contribution in [1.29, 1.82) is 0 Å². The zero-order chi connectivity index (χ0) is 12.0. The first kappa shape index (κ1) is 11.2. The largest absolute Gasteiger partial charge is 0.398 e. The third-order valence-corrected chi connectivity index (χ3v) is 4.71. The van der Waals surface area contributed by atoms with Crippen LogP contribution in [0.5, 0.6) is 0 Å². The van der Waals surface area contributed by atoms with Crippen LogP contribution >= 0.6 is 11.6 Å². The molecular formula is C14H19ClN2. The van der Waals surface area contributed by atoms with E-state index >= 15 is 0 Å². The van der Waals surface area contributed by atoms with Crippen molar-refractivity contribution >= 4 is 23.0 Å². The Morgan fingerprint density at radius 3 is 2.53 bits per heavy atom. The maximum absolute atomic E-state index is 6.13. The van der Waals surface area contributed by atoms with Crippen molar-refractivity contribution in [2.75, 3.05) is 23.7 Å². The summed E-state index contributed by atoms with van der Waals surface area (Å²) < 4.78 is 0. The molecule has 0 spiro atoms. The number of hydrogen-bond donors (Lipinski definition) is 1. The van der Waals surface area contributed by atoms with Crippen LogP contribution in [-0.2, 0) is 0 Å². The molecule has 2 nitrogen and oxygen atoms in total. The molecule has 1 aromatic carbocycles. The minimum absolute atomic E-state index is 0.683. The predicted molar refractivity (Wildman–Crippen MR) is 73.6 cm³/mol. The van der Waals surface area contributed by atoms with E-state index in [1.807, 2.05) is 12.1 Å². The van der Waals surface area contributed by atoms with Gasteiger partial charge in [0.05, 0.1) is 10.7 Å². The van der Waals surface area contributed by atoms with Gasteiger partial charge in [-0.1, -0.05) is 18.0 Å². The van der Waals surface area contributed by atoms with Crippen LogP contribution in [0, 0.1) is 18.8 Å². The Bertz CT molecular complexity index is 432. The fourth-order valence-corrected chi connectivity index (χ4v) is 3.62. The topological polar surface area (TPSA) is 29.3 Å². The number of benzene rings is 1. The number of halogens is 1. The molecule has 1 saturated heterocycles. The molecule has 2 N–H and O–H groups in total. The molecule has 1 aliphatic carbocycles. The van der Waals surface area contributed by atoms with Crippen LogP contribution in [0.15, 0.2) is 12.1 Å². The number of nitrogens with zero attached hydrogens (tertiary/aromatic N) is 1. The summed E-state index contributed by atoms with van der Waals surface area (Å²) >= 11 is 6.13. The van der Waals surface area contributed by atoms with E-state index in [-0.39, 0.29) is 0 Å². The first-order chi connectivity index (χ1) is 8.15. The third-order valence-electron chi connectivity index (χ3n) is 4.38. The Morgan fingerprint density at radius 2 is 1.88 bits per heavy atom. The zero-order valence-electron chi connectivity index (χ0n) is 10.2. The number of aryl methyl sites for hydroxylation is 1. The smallest absolute Gasteiger partial charge is 0.0656 e. The maximum atomic E-state index is 6.13. The molecule has 1 saturated carbocycles. The quantitative estimate of drug-likeness (QED) is 0.774. The lowest BCUT2D eigenvalue weighted by atomic mass is 10.0. The van der Waals surface area contributed by atoms with Crippen molar-refractivity contribution in [3.63, 3.8) is 0 Å². The minimum atomic E-state index is 0.683. The third kappa shape index (κ3) is 1.89. The van der Waals surface area contributed by atoms with E-state index in [9.17, 15) is 0 Å². The zero-order valence-corrected chi connectivity index (χ0v) is 11.0. The molecule has 3 heteroatoms. The molecule has 2 atom stereocenters. The Kier molecular flexibility index (Phi) is 2.70. The van der Waals surface area contributed by atoms with Gasteiger partial charge in [0.25, 0.3) is 0 Å². The van der Waals surface area contributed by atoms with Gasteiger partial charge in [0.1, 0.15) is 0 Å². The highest BCUT2D eigenvalue weighted by molar-refractivity contribution is 6.33. The monoisotopic (exact) mass is 250 g/mol. The lowest BCUT2D eigenvalue weighted by Crippen LogP contribution is -2.21. The SMILES string of the molecule is Cc1cc(N)c(Cl)cc1N1CC2CCCC2C1. The molecule has 0 aromatic heterocycles. The summed E-state index contributed by atoms with van der Waals surface area (Å²) in [6, 6.07) is 4.03. The molecule has 2 fully saturated rings. The van der Waals surface area contributed by atoms with Gasteiger partial charge < -0.3 is 10.6 Å². The number of anilines is 2. The summed E-state index contributed by atoms with van der Waals surface area (Å²) in [5.74, 6) is 1.82. The molecule has 3 rings (SSSR count). The molecule has 2 aliphatic rings. The van der Waals surface area contributed by atoms with Crippen molar-refractivity contribution in [1.82, 2.24) is 0 Å². The number of nitrogens with two attached hydrogens (primary N) is 1. The van der Waals surface area contributed by atoms with E-state index in [4.69, 9.17) is 17.3 Å². The fourth-order valence-electron chi connectivity index (χ4n) is 3.47. The highest BCUT2D eigenvalue weighted by atomic mass is 35.5. The van der Waals surface area contributed by atoms with Crippen LogP contribution < -0.4 is 10.6 Å². The van der Waals surface area contributed by atoms with Crippen molar-refractivity contribution in [2.24, 2.45) is 11.8 Å². The average Bonchev–Trinajstić information content (AvgIpc) is 2.83. The predicted octanol–water partition coefficient (Wildman–Crippen LogP) is 3.47. The molecule has 17 heavy (non-hydrogen) atoms. The summed E-state index contributed by atoms with van der Waals surface area (Å²) in [5, 5.41) is 0.683. The van der Waals surface area contributed by atoms with Gasteiger partial charge in [-0.2, -0.15) is 0 Å².